The maximum atomic E-state index is 5.80. The van der Waals surface area contributed by atoms with Crippen molar-refractivity contribution in [3.63, 3.8) is 0 Å². The second-order valence-corrected chi connectivity index (χ2v) is 7.33. The van der Waals surface area contributed by atoms with E-state index in [-0.39, 0.29) is 0 Å². The third-order valence-electron chi connectivity index (χ3n) is 5.00. The molecule has 8 nitrogen and oxygen atoms in total. The Morgan fingerprint density at radius 2 is 1.82 bits per heavy atom. The Morgan fingerprint density at radius 3 is 2.43 bits per heavy atom. The molecule has 0 aromatic carbocycles. The Hall–Kier alpha value is -1.93. The number of aliphatic imine (C=N–C) groups is 1. The third-order valence-corrected chi connectivity index (χ3v) is 5.00. The first-order valence-electron chi connectivity index (χ1n) is 10.4. The number of aromatic nitrogens is 2. The number of anilines is 1. The SMILES string of the molecule is CCOC(CCNC(=NC)NCCN1CCN(c2ncccn2)CC1)C(C)C. The minimum absolute atomic E-state index is 0.292. The van der Waals surface area contributed by atoms with Gasteiger partial charge in [0.1, 0.15) is 0 Å². The zero-order chi connectivity index (χ0) is 20.2. The van der Waals surface area contributed by atoms with Crippen LogP contribution in [0.4, 0.5) is 5.95 Å². The van der Waals surface area contributed by atoms with Crippen LogP contribution in [0.15, 0.2) is 23.5 Å². The van der Waals surface area contributed by atoms with E-state index in [0.717, 1.165) is 70.7 Å². The van der Waals surface area contributed by atoms with Crippen LogP contribution in [-0.2, 0) is 4.74 Å². The molecule has 2 rings (SSSR count). The molecule has 2 N–H and O–H groups in total. The van der Waals surface area contributed by atoms with Gasteiger partial charge in [-0.05, 0) is 25.3 Å². The topological polar surface area (TPSA) is 77.9 Å². The number of hydrogen-bond acceptors (Lipinski definition) is 6. The number of rotatable bonds is 10. The first-order valence-corrected chi connectivity index (χ1v) is 10.4. The molecular weight excluding hydrogens is 354 g/mol. The van der Waals surface area contributed by atoms with Crippen LogP contribution in [-0.4, -0.2) is 86.4 Å². The molecule has 2 heterocycles. The molecule has 0 spiro atoms. The predicted molar refractivity (Wildman–Crippen MR) is 115 cm³/mol. The highest BCUT2D eigenvalue weighted by Gasteiger charge is 2.18. The Bertz CT molecular complexity index is 559. The number of nitrogens with one attached hydrogen (secondary N) is 2. The van der Waals surface area contributed by atoms with E-state index in [1.807, 2.05) is 13.1 Å². The number of guanidine groups is 1. The molecule has 28 heavy (non-hydrogen) atoms. The van der Waals surface area contributed by atoms with Crippen LogP contribution >= 0.6 is 0 Å². The Labute approximate surface area is 169 Å². The van der Waals surface area contributed by atoms with Gasteiger partial charge in [0.05, 0.1) is 6.10 Å². The molecule has 0 aliphatic carbocycles. The average Bonchev–Trinajstić information content (AvgIpc) is 2.73. The monoisotopic (exact) mass is 391 g/mol. The van der Waals surface area contributed by atoms with Crippen LogP contribution in [0.2, 0.25) is 0 Å². The largest absolute Gasteiger partial charge is 0.378 e. The second kappa shape index (κ2) is 12.5. The molecule has 1 saturated heterocycles. The minimum atomic E-state index is 0.292. The summed E-state index contributed by atoms with van der Waals surface area (Å²) in [7, 11) is 1.82. The fraction of sp³-hybridized carbons (Fsp3) is 0.750. The fourth-order valence-corrected chi connectivity index (χ4v) is 3.34. The highest BCUT2D eigenvalue weighted by Crippen LogP contribution is 2.10. The van der Waals surface area contributed by atoms with Crippen molar-refractivity contribution in [3.8, 4) is 0 Å². The van der Waals surface area contributed by atoms with Crippen molar-refractivity contribution >= 4 is 11.9 Å². The summed E-state index contributed by atoms with van der Waals surface area (Å²) in [5, 5.41) is 6.81. The van der Waals surface area contributed by atoms with E-state index in [1.165, 1.54) is 0 Å². The quantitative estimate of drug-likeness (QED) is 0.459. The molecule has 158 valence electrons. The first-order chi connectivity index (χ1) is 13.6. The zero-order valence-corrected chi connectivity index (χ0v) is 17.9. The van der Waals surface area contributed by atoms with Gasteiger partial charge in [0, 0.05) is 71.9 Å². The number of nitrogens with zero attached hydrogens (tertiary/aromatic N) is 5. The van der Waals surface area contributed by atoms with Gasteiger partial charge in [0.15, 0.2) is 5.96 Å². The van der Waals surface area contributed by atoms with E-state index < -0.39 is 0 Å². The van der Waals surface area contributed by atoms with E-state index in [4.69, 9.17) is 4.74 Å². The molecule has 0 radical (unpaired) electrons. The summed E-state index contributed by atoms with van der Waals surface area (Å²) in [6, 6.07) is 1.85. The molecule has 1 unspecified atom stereocenters. The lowest BCUT2D eigenvalue weighted by molar-refractivity contribution is 0.0258. The Balaban J connectivity index is 1.61. The lowest BCUT2D eigenvalue weighted by atomic mass is 10.0. The van der Waals surface area contributed by atoms with Gasteiger partial charge >= 0.3 is 0 Å². The predicted octanol–water partition coefficient (Wildman–Crippen LogP) is 1.21. The van der Waals surface area contributed by atoms with Crippen molar-refractivity contribution < 1.29 is 4.74 Å². The van der Waals surface area contributed by atoms with Gasteiger partial charge in [0.2, 0.25) is 5.95 Å². The van der Waals surface area contributed by atoms with Gasteiger partial charge in [0.25, 0.3) is 0 Å². The van der Waals surface area contributed by atoms with E-state index >= 15 is 0 Å². The van der Waals surface area contributed by atoms with Crippen LogP contribution < -0.4 is 15.5 Å². The summed E-state index contributed by atoms with van der Waals surface area (Å²) in [6.07, 6.45) is 4.88. The van der Waals surface area contributed by atoms with Crippen molar-refractivity contribution in [1.29, 1.82) is 0 Å². The second-order valence-electron chi connectivity index (χ2n) is 7.33. The summed E-state index contributed by atoms with van der Waals surface area (Å²) in [4.78, 5) is 17.7. The molecule has 1 atom stereocenters. The van der Waals surface area contributed by atoms with Crippen LogP contribution in [0.3, 0.4) is 0 Å². The lowest BCUT2D eigenvalue weighted by Gasteiger charge is -2.34. The van der Waals surface area contributed by atoms with Crippen LogP contribution in [0, 0.1) is 5.92 Å². The summed E-state index contributed by atoms with van der Waals surface area (Å²) in [5.74, 6) is 2.21. The third kappa shape index (κ3) is 7.59. The molecule has 0 amide bonds. The fourth-order valence-electron chi connectivity index (χ4n) is 3.34. The molecule has 1 fully saturated rings. The molecular formula is C20H37N7O. The molecule has 0 bridgehead atoms. The Morgan fingerprint density at radius 1 is 1.14 bits per heavy atom. The summed E-state index contributed by atoms with van der Waals surface area (Å²) in [5.41, 5.74) is 0. The van der Waals surface area contributed by atoms with Gasteiger partial charge < -0.3 is 20.3 Å². The summed E-state index contributed by atoms with van der Waals surface area (Å²) < 4.78 is 5.80. The van der Waals surface area contributed by atoms with Gasteiger partial charge in [-0.2, -0.15) is 0 Å². The molecule has 1 aromatic heterocycles. The smallest absolute Gasteiger partial charge is 0.225 e. The highest BCUT2D eigenvalue weighted by atomic mass is 16.5. The highest BCUT2D eigenvalue weighted by molar-refractivity contribution is 5.79. The van der Waals surface area contributed by atoms with Gasteiger partial charge in [-0.3, -0.25) is 9.89 Å². The lowest BCUT2D eigenvalue weighted by Crippen LogP contribution is -2.49. The van der Waals surface area contributed by atoms with Crippen molar-refractivity contribution in [2.24, 2.45) is 10.9 Å². The van der Waals surface area contributed by atoms with Gasteiger partial charge in [-0.15, -0.1) is 0 Å². The van der Waals surface area contributed by atoms with Gasteiger partial charge in [-0.25, -0.2) is 9.97 Å². The minimum Gasteiger partial charge on any atom is -0.378 e. The van der Waals surface area contributed by atoms with E-state index in [0.29, 0.717) is 12.0 Å². The average molecular weight is 392 g/mol. The van der Waals surface area contributed by atoms with Crippen LogP contribution in [0.25, 0.3) is 0 Å². The van der Waals surface area contributed by atoms with Crippen molar-refractivity contribution in [2.45, 2.75) is 33.3 Å². The summed E-state index contributed by atoms with van der Waals surface area (Å²) in [6.45, 7) is 13.9. The van der Waals surface area contributed by atoms with Crippen LogP contribution in [0.5, 0.6) is 0 Å². The van der Waals surface area contributed by atoms with E-state index in [2.05, 4.69) is 56.2 Å². The van der Waals surface area contributed by atoms with Crippen LogP contribution in [0.1, 0.15) is 27.2 Å². The standard InChI is InChI=1S/C20H37N7O/c1-5-28-18(17(2)3)7-10-22-19(21-4)23-11-12-26-13-15-27(16-14-26)20-24-8-6-9-25-20/h6,8-9,17-18H,5,7,10-16H2,1-4H3,(H2,21,22,23). The molecule has 8 heteroatoms. The Kier molecular flexibility index (Phi) is 9.99. The number of piperazine rings is 1. The number of hydrogen-bond donors (Lipinski definition) is 2. The molecule has 1 aliphatic rings. The molecule has 1 aromatic rings. The first kappa shape index (κ1) is 22.4. The van der Waals surface area contributed by atoms with E-state index in [9.17, 15) is 0 Å². The molecule has 0 saturated carbocycles. The van der Waals surface area contributed by atoms with Crippen molar-refractivity contribution in [3.05, 3.63) is 18.5 Å². The van der Waals surface area contributed by atoms with Crippen molar-refractivity contribution in [1.82, 2.24) is 25.5 Å². The normalized spacial score (nSPS) is 17.0. The maximum absolute atomic E-state index is 5.80. The molecule has 1 aliphatic heterocycles. The van der Waals surface area contributed by atoms with Crippen molar-refractivity contribution in [2.75, 3.05) is 64.4 Å². The number of ether oxygens (including phenoxy) is 1. The van der Waals surface area contributed by atoms with Gasteiger partial charge in [-0.1, -0.05) is 13.8 Å². The van der Waals surface area contributed by atoms with E-state index in [1.54, 1.807) is 12.4 Å². The summed E-state index contributed by atoms with van der Waals surface area (Å²) >= 11 is 0. The maximum Gasteiger partial charge on any atom is 0.225 e. The zero-order valence-electron chi connectivity index (χ0n) is 17.9.